The smallest absolute Gasteiger partial charge is 0.337 e. The van der Waals surface area contributed by atoms with E-state index >= 15 is 0 Å². The lowest BCUT2D eigenvalue weighted by molar-refractivity contribution is -0.210. The quantitative estimate of drug-likeness (QED) is 0.789. The molecule has 7 heteroatoms. The molecule has 27 heavy (non-hydrogen) atoms. The van der Waals surface area contributed by atoms with E-state index in [0.29, 0.717) is 35.5 Å². The minimum atomic E-state index is -1.50. The Balaban J connectivity index is 2.09. The lowest BCUT2D eigenvalue weighted by Gasteiger charge is -2.50. The summed E-state index contributed by atoms with van der Waals surface area (Å²) in [5, 5.41) is 11.4. The number of ketones is 1. The minimum Gasteiger partial charge on any atom is -0.487 e. The number of hydrogen-bond acceptors (Lipinski definition) is 7. The third-order valence-corrected chi connectivity index (χ3v) is 5.26. The molecule has 0 aromatic heterocycles. The summed E-state index contributed by atoms with van der Waals surface area (Å²) in [7, 11) is 2.82. The van der Waals surface area contributed by atoms with Gasteiger partial charge in [-0.05, 0) is 32.0 Å². The summed E-state index contributed by atoms with van der Waals surface area (Å²) in [6, 6.07) is 4.83. The average molecular weight is 376 g/mol. The fraction of sp³-hybridized carbons (Fsp3) is 0.500. The van der Waals surface area contributed by atoms with Crippen LogP contribution >= 0.6 is 0 Å². The van der Waals surface area contributed by atoms with Gasteiger partial charge >= 0.3 is 5.97 Å². The van der Waals surface area contributed by atoms with E-state index in [-0.39, 0.29) is 12.4 Å². The first kappa shape index (κ1) is 19.4. The minimum absolute atomic E-state index is 0.0140. The van der Waals surface area contributed by atoms with E-state index < -0.39 is 23.3 Å². The molecule has 3 atom stereocenters. The molecule has 0 radical (unpaired) electrons. The van der Waals surface area contributed by atoms with Gasteiger partial charge in [0, 0.05) is 31.6 Å². The number of fused-ring (bicyclic) bond motifs is 1. The first-order valence-electron chi connectivity index (χ1n) is 8.74. The molecular weight excluding hydrogens is 352 g/mol. The fourth-order valence-electron chi connectivity index (χ4n) is 3.46. The second-order valence-electron chi connectivity index (χ2n) is 7.23. The van der Waals surface area contributed by atoms with E-state index in [1.54, 1.807) is 32.0 Å². The number of methoxy groups -OCH3 is 2. The molecule has 3 rings (SSSR count). The van der Waals surface area contributed by atoms with Crippen LogP contribution in [-0.4, -0.2) is 48.9 Å². The molecule has 0 amide bonds. The maximum atomic E-state index is 11.9. The second-order valence-corrected chi connectivity index (χ2v) is 7.23. The zero-order valence-electron chi connectivity index (χ0n) is 15.9. The van der Waals surface area contributed by atoms with Crippen molar-refractivity contribution >= 4 is 11.8 Å². The standard InChI is InChI=1S/C20H24O7/c1-19(11-24-3)20(2,23)17(26-14-7-6-13(21)10-14)15-9-12(18(22)25-4)5-8-16(15)27-19/h5,8-10,17,23H,6-7,11H2,1-4H3. The Bertz CT molecular complexity index is 796. The SMILES string of the molecule is COCC1(C)Oc2ccc(C(=O)OC)cc2C(OC2=CC(=O)CC2)C1(C)O. The van der Waals surface area contributed by atoms with E-state index in [1.807, 2.05) is 0 Å². The molecule has 1 aromatic rings. The summed E-state index contributed by atoms with van der Waals surface area (Å²) < 4.78 is 22.2. The van der Waals surface area contributed by atoms with Crippen molar-refractivity contribution in [3.8, 4) is 5.75 Å². The number of ether oxygens (including phenoxy) is 4. The molecule has 146 valence electrons. The van der Waals surface area contributed by atoms with Crippen molar-refractivity contribution in [3.63, 3.8) is 0 Å². The molecule has 0 bridgehead atoms. The van der Waals surface area contributed by atoms with Crippen LogP contribution < -0.4 is 4.74 Å². The normalized spacial score (nSPS) is 29.6. The van der Waals surface area contributed by atoms with Crippen LogP contribution in [0.3, 0.4) is 0 Å². The van der Waals surface area contributed by atoms with Crippen LogP contribution in [-0.2, 0) is 19.0 Å². The van der Waals surface area contributed by atoms with Crippen LogP contribution in [0.4, 0.5) is 0 Å². The highest BCUT2D eigenvalue weighted by Gasteiger charge is 2.57. The van der Waals surface area contributed by atoms with E-state index in [1.165, 1.54) is 20.3 Å². The van der Waals surface area contributed by atoms with Gasteiger partial charge in [0.2, 0.25) is 0 Å². The van der Waals surface area contributed by atoms with Gasteiger partial charge < -0.3 is 24.1 Å². The van der Waals surface area contributed by atoms with Crippen molar-refractivity contribution in [1.29, 1.82) is 0 Å². The van der Waals surface area contributed by atoms with Gasteiger partial charge in [-0.15, -0.1) is 0 Å². The molecule has 1 heterocycles. The van der Waals surface area contributed by atoms with Crippen LogP contribution in [0.5, 0.6) is 5.75 Å². The number of benzene rings is 1. The van der Waals surface area contributed by atoms with Gasteiger partial charge in [0.15, 0.2) is 17.5 Å². The Hall–Kier alpha value is -2.38. The van der Waals surface area contributed by atoms with Gasteiger partial charge in [-0.2, -0.15) is 0 Å². The zero-order valence-corrected chi connectivity index (χ0v) is 15.9. The van der Waals surface area contributed by atoms with Gasteiger partial charge in [0.05, 0.1) is 19.3 Å². The average Bonchev–Trinajstić information content (AvgIpc) is 3.03. The van der Waals surface area contributed by atoms with Gasteiger partial charge in [-0.25, -0.2) is 4.79 Å². The molecule has 1 aliphatic heterocycles. The first-order valence-corrected chi connectivity index (χ1v) is 8.74. The number of aliphatic hydroxyl groups is 1. The number of carbonyl (C=O) groups is 2. The van der Waals surface area contributed by atoms with Crippen molar-refractivity contribution in [2.45, 2.75) is 44.0 Å². The number of carbonyl (C=O) groups excluding carboxylic acids is 2. The summed E-state index contributed by atoms with van der Waals surface area (Å²) in [5.74, 6) is 0.460. The number of rotatable bonds is 5. The van der Waals surface area contributed by atoms with Crippen molar-refractivity contribution in [2.75, 3.05) is 20.8 Å². The predicted molar refractivity (Wildman–Crippen MR) is 95.5 cm³/mol. The summed E-state index contributed by atoms with van der Waals surface area (Å²) in [6.45, 7) is 3.45. The third-order valence-electron chi connectivity index (χ3n) is 5.26. The number of esters is 1. The van der Waals surface area contributed by atoms with Gasteiger partial charge in [0.1, 0.15) is 17.1 Å². The molecule has 0 saturated heterocycles. The highest BCUT2D eigenvalue weighted by atomic mass is 16.6. The Morgan fingerprint density at radius 1 is 1.30 bits per heavy atom. The van der Waals surface area contributed by atoms with E-state index in [0.717, 1.165) is 0 Å². The Morgan fingerprint density at radius 3 is 2.63 bits per heavy atom. The predicted octanol–water partition coefficient (Wildman–Crippen LogP) is 2.33. The van der Waals surface area contributed by atoms with Crippen molar-refractivity contribution < 1.29 is 33.6 Å². The van der Waals surface area contributed by atoms with E-state index in [2.05, 4.69) is 0 Å². The van der Waals surface area contributed by atoms with Crippen molar-refractivity contribution in [3.05, 3.63) is 41.2 Å². The number of allylic oxidation sites excluding steroid dienone is 2. The maximum absolute atomic E-state index is 11.9. The second kappa shape index (κ2) is 6.98. The molecule has 0 spiro atoms. The lowest BCUT2D eigenvalue weighted by Crippen LogP contribution is -2.62. The Labute approximate surface area is 157 Å². The molecule has 1 aliphatic carbocycles. The summed E-state index contributed by atoms with van der Waals surface area (Å²) >= 11 is 0. The Kier molecular flexibility index (Phi) is 5.01. The summed E-state index contributed by atoms with van der Waals surface area (Å²) in [5.41, 5.74) is -1.78. The molecular formula is C20H24O7. The van der Waals surface area contributed by atoms with Crippen LogP contribution in [0, 0.1) is 0 Å². The topological polar surface area (TPSA) is 91.3 Å². The highest BCUT2D eigenvalue weighted by molar-refractivity contribution is 5.92. The van der Waals surface area contributed by atoms with Crippen LogP contribution in [0.2, 0.25) is 0 Å². The molecule has 0 saturated carbocycles. The summed E-state index contributed by atoms with van der Waals surface area (Å²) in [6.07, 6.45) is 1.44. The fourth-order valence-corrected chi connectivity index (χ4v) is 3.46. The third kappa shape index (κ3) is 3.33. The Morgan fingerprint density at radius 2 is 2.04 bits per heavy atom. The molecule has 7 nitrogen and oxygen atoms in total. The molecule has 1 aromatic carbocycles. The van der Waals surface area contributed by atoms with Crippen LogP contribution in [0.25, 0.3) is 0 Å². The van der Waals surface area contributed by atoms with E-state index in [9.17, 15) is 14.7 Å². The van der Waals surface area contributed by atoms with Gasteiger partial charge in [0.25, 0.3) is 0 Å². The molecule has 2 aliphatic rings. The van der Waals surface area contributed by atoms with E-state index in [4.69, 9.17) is 18.9 Å². The summed E-state index contributed by atoms with van der Waals surface area (Å²) in [4.78, 5) is 23.5. The lowest BCUT2D eigenvalue weighted by atomic mass is 9.76. The largest absolute Gasteiger partial charge is 0.487 e. The van der Waals surface area contributed by atoms with Crippen LogP contribution in [0.1, 0.15) is 48.7 Å². The molecule has 3 unspecified atom stereocenters. The maximum Gasteiger partial charge on any atom is 0.337 e. The number of hydrogen-bond donors (Lipinski definition) is 1. The monoisotopic (exact) mass is 376 g/mol. The van der Waals surface area contributed by atoms with Gasteiger partial charge in [-0.3, -0.25) is 4.79 Å². The highest BCUT2D eigenvalue weighted by Crippen LogP contribution is 2.49. The van der Waals surface area contributed by atoms with Gasteiger partial charge in [-0.1, -0.05) is 0 Å². The molecule has 1 N–H and O–H groups in total. The van der Waals surface area contributed by atoms with Crippen LogP contribution in [0.15, 0.2) is 30.0 Å². The first-order chi connectivity index (χ1) is 12.7. The van der Waals surface area contributed by atoms with Crippen molar-refractivity contribution in [1.82, 2.24) is 0 Å². The van der Waals surface area contributed by atoms with Crippen molar-refractivity contribution in [2.24, 2.45) is 0 Å². The zero-order chi connectivity index (χ0) is 19.8. The molecule has 0 fully saturated rings.